The van der Waals surface area contributed by atoms with Gasteiger partial charge in [-0.1, -0.05) is 0 Å². The summed E-state index contributed by atoms with van der Waals surface area (Å²) in [6.07, 6.45) is 4.84. The predicted molar refractivity (Wildman–Crippen MR) is 99.2 cm³/mol. The monoisotopic (exact) mass is 365 g/mol. The van der Waals surface area contributed by atoms with E-state index in [-0.39, 0.29) is 11.9 Å². The number of hydrogen-bond donors (Lipinski definition) is 1. The number of amides is 1. The number of aryl methyl sites for hydroxylation is 1. The van der Waals surface area contributed by atoms with Crippen LogP contribution in [0, 0.1) is 5.92 Å². The molecular formula is C18H27N3O3S. The van der Waals surface area contributed by atoms with Gasteiger partial charge in [0, 0.05) is 31.2 Å². The van der Waals surface area contributed by atoms with Crippen molar-refractivity contribution in [1.82, 2.24) is 4.90 Å². The zero-order valence-electron chi connectivity index (χ0n) is 14.9. The minimum Gasteiger partial charge on any atom is -0.338 e. The molecule has 0 spiro atoms. The first-order chi connectivity index (χ1) is 11.8. The summed E-state index contributed by atoms with van der Waals surface area (Å²) in [7, 11) is -3.29. The third-order valence-corrected chi connectivity index (χ3v) is 6.47. The SMILES string of the molecule is CC(N)C1CCCN(C(=O)c2ccc3c(c2)CCCN3S(C)(=O)=O)C1. The molecule has 1 amide bonds. The van der Waals surface area contributed by atoms with Gasteiger partial charge in [-0.25, -0.2) is 8.42 Å². The minimum atomic E-state index is -3.29. The molecule has 138 valence electrons. The van der Waals surface area contributed by atoms with Crippen molar-refractivity contribution in [1.29, 1.82) is 0 Å². The lowest BCUT2D eigenvalue weighted by Crippen LogP contribution is -2.45. The number of likely N-dealkylation sites (tertiary alicyclic amines) is 1. The Hall–Kier alpha value is -1.60. The van der Waals surface area contributed by atoms with Crippen molar-refractivity contribution in [3.05, 3.63) is 29.3 Å². The molecule has 1 aromatic carbocycles. The Morgan fingerprint density at radius 1 is 1.28 bits per heavy atom. The standard InChI is InChI=1S/C18H27N3O3S/c1-13(19)16-6-3-9-20(12-16)18(22)15-7-8-17-14(11-15)5-4-10-21(17)25(2,23)24/h7-8,11,13,16H,3-6,9-10,12,19H2,1-2H3. The van der Waals surface area contributed by atoms with Gasteiger partial charge >= 0.3 is 0 Å². The summed E-state index contributed by atoms with van der Waals surface area (Å²) in [4.78, 5) is 14.8. The topological polar surface area (TPSA) is 83.7 Å². The molecule has 0 aromatic heterocycles. The minimum absolute atomic E-state index is 0.0182. The van der Waals surface area contributed by atoms with E-state index in [2.05, 4.69) is 0 Å². The lowest BCUT2D eigenvalue weighted by Gasteiger charge is -2.35. The van der Waals surface area contributed by atoms with E-state index in [0.717, 1.165) is 37.8 Å². The maximum absolute atomic E-state index is 12.9. The molecule has 0 saturated carbocycles. The normalized spacial score (nSPS) is 22.4. The second-order valence-corrected chi connectivity index (χ2v) is 9.20. The van der Waals surface area contributed by atoms with Gasteiger partial charge in [-0.3, -0.25) is 9.10 Å². The molecule has 2 unspecified atom stereocenters. The number of nitrogens with zero attached hydrogens (tertiary/aromatic N) is 2. The van der Waals surface area contributed by atoms with E-state index in [1.165, 1.54) is 10.6 Å². The molecule has 2 atom stereocenters. The van der Waals surface area contributed by atoms with E-state index in [0.29, 0.717) is 30.3 Å². The van der Waals surface area contributed by atoms with E-state index in [1.807, 2.05) is 17.9 Å². The van der Waals surface area contributed by atoms with Crippen LogP contribution in [-0.4, -0.2) is 51.2 Å². The first kappa shape index (κ1) is 18.2. The predicted octanol–water partition coefficient (Wildman–Crippen LogP) is 1.60. The maximum atomic E-state index is 12.9. The number of carbonyl (C=O) groups is 1. The third kappa shape index (κ3) is 3.82. The van der Waals surface area contributed by atoms with Crippen LogP contribution < -0.4 is 10.0 Å². The zero-order valence-corrected chi connectivity index (χ0v) is 15.8. The summed E-state index contributed by atoms with van der Waals surface area (Å²) < 4.78 is 25.3. The maximum Gasteiger partial charge on any atom is 0.253 e. The van der Waals surface area contributed by atoms with E-state index in [9.17, 15) is 13.2 Å². The Labute approximate surface area is 150 Å². The highest BCUT2D eigenvalue weighted by molar-refractivity contribution is 7.92. The lowest BCUT2D eigenvalue weighted by molar-refractivity contribution is 0.0661. The number of benzene rings is 1. The first-order valence-corrected chi connectivity index (χ1v) is 10.8. The summed E-state index contributed by atoms with van der Waals surface area (Å²) >= 11 is 0. The summed E-state index contributed by atoms with van der Waals surface area (Å²) in [6.45, 7) is 3.95. The molecule has 2 heterocycles. The second-order valence-electron chi connectivity index (χ2n) is 7.29. The average Bonchev–Trinajstić information content (AvgIpc) is 2.59. The molecule has 25 heavy (non-hydrogen) atoms. The van der Waals surface area contributed by atoms with Crippen molar-refractivity contribution < 1.29 is 13.2 Å². The van der Waals surface area contributed by atoms with Crippen molar-refractivity contribution in [3.8, 4) is 0 Å². The van der Waals surface area contributed by atoms with Gasteiger partial charge in [-0.15, -0.1) is 0 Å². The molecule has 1 aromatic rings. The van der Waals surface area contributed by atoms with Crippen LogP contribution in [0.4, 0.5) is 5.69 Å². The smallest absolute Gasteiger partial charge is 0.253 e. The van der Waals surface area contributed by atoms with Crippen LogP contribution in [0.5, 0.6) is 0 Å². The quantitative estimate of drug-likeness (QED) is 0.882. The van der Waals surface area contributed by atoms with Crippen LogP contribution >= 0.6 is 0 Å². The average molecular weight is 365 g/mol. The molecule has 3 rings (SSSR count). The lowest BCUT2D eigenvalue weighted by atomic mass is 9.91. The Bertz CT molecular complexity index is 761. The Morgan fingerprint density at radius 2 is 2.04 bits per heavy atom. The summed E-state index contributed by atoms with van der Waals surface area (Å²) in [5, 5.41) is 0. The zero-order chi connectivity index (χ0) is 18.2. The van der Waals surface area contributed by atoms with Crippen LogP contribution in [0.15, 0.2) is 18.2 Å². The molecule has 1 fully saturated rings. The van der Waals surface area contributed by atoms with E-state index < -0.39 is 10.0 Å². The third-order valence-electron chi connectivity index (χ3n) is 5.29. The molecule has 6 nitrogen and oxygen atoms in total. The van der Waals surface area contributed by atoms with E-state index >= 15 is 0 Å². The molecule has 2 N–H and O–H groups in total. The van der Waals surface area contributed by atoms with Crippen LogP contribution in [0.1, 0.15) is 42.1 Å². The van der Waals surface area contributed by atoms with Gasteiger partial charge in [0.1, 0.15) is 0 Å². The Kier molecular flexibility index (Phi) is 5.06. The molecule has 2 aliphatic heterocycles. The Balaban J connectivity index is 1.83. The fraction of sp³-hybridized carbons (Fsp3) is 0.611. The number of rotatable bonds is 3. The van der Waals surface area contributed by atoms with Crippen LogP contribution in [-0.2, 0) is 16.4 Å². The Morgan fingerprint density at radius 3 is 2.72 bits per heavy atom. The number of nitrogens with two attached hydrogens (primary N) is 1. The number of anilines is 1. The van der Waals surface area contributed by atoms with Gasteiger partial charge in [0.25, 0.3) is 5.91 Å². The summed E-state index contributed by atoms with van der Waals surface area (Å²) in [5.41, 5.74) is 8.29. The molecule has 0 radical (unpaired) electrons. The fourth-order valence-electron chi connectivity index (χ4n) is 3.85. The van der Waals surface area contributed by atoms with Crippen LogP contribution in [0.3, 0.4) is 0 Å². The molecule has 0 bridgehead atoms. The van der Waals surface area contributed by atoms with Crippen LogP contribution in [0.25, 0.3) is 0 Å². The molecule has 1 saturated heterocycles. The van der Waals surface area contributed by atoms with Gasteiger partial charge < -0.3 is 10.6 Å². The number of sulfonamides is 1. The molecule has 0 aliphatic carbocycles. The van der Waals surface area contributed by atoms with Crippen LogP contribution in [0.2, 0.25) is 0 Å². The van der Waals surface area contributed by atoms with Gasteiger partial charge in [0.05, 0.1) is 11.9 Å². The van der Waals surface area contributed by atoms with Crippen molar-refractivity contribution in [2.24, 2.45) is 11.7 Å². The van der Waals surface area contributed by atoms with Gasteiger partial charge in [0.2, 0.25) is 10.0 Å². The van der Waals surface area contributed by atoms with Crippen molar-refractivity contribution >= 4 is 21.6 Å². The fourth-order valence-corrected chi connectivity index (χ4v) is 4.84. The molecule has 2 aliphatic rings. The summed E-state index contributed by atoms with van der Waals surface area (Å²) in [5.74, 6) is 0.362. The molecule has 7 heteroatoms. The second kappa shape index (κ2) is 6.96. The van der Waals surface area contributed by atoms with Crippen molar-refractivity contribution in [2.75, 3.05) is 30.2 Å². The number of hydrogen-bond acceptors (Lipinski definition) is 4. The van der Waals surface area contributed by atoms with Gasteiger partial charge in [-0.05, 0) is 62.3 Å². The van der Waals surface area contributed by atoms with Crippen molar-refractivity contribution in [3.63, 3.8) is 0 Å². The van der Waals surface area contributed by atoms with Crippen molar-refractivity contribution in [2.45, 2.75) is 38.6 Å². The first-order valence-electron chi connectivity index (χ1n) is 8.93. The van der Waals surface area contributed by atoms with E-state index in [1.54, 1.807) is 12.1 Å². The van der Waals surface area contributed by atoms with E-state index in [4.69, 9.17) is 5.73 Å². The highest BCUT2D eigenvalue weighted by Gasteiger charge is 2.28. The van der Waals surface area contributed by atoms with Gasteiger partial charge in [0.15, 0.2) is 0 Å². The molecular weight excluding hydrogens is 338 g/mol. The number of piperidine rings is 1. The highest BCUT2D eigenvalue weighted by atomic mass is 32.2. The number of carbonyl (C=O) groups excluding carboxylic acids is 1. The van der Waals surface area contributed by atoms with Gasteiger partial charge in [-0.2, -0.15) is 0 Å². The summed E-state index contributed by atoms with van der Waals surface area (Å²) in [6, 6.07) is 5.47. The highest BCUT2D eigenvalue weighted by Crippen LogP contribution is 2.30. The number of fused-ring (bicyclic) bond motifs is 1. The largest absolute Gasteiger partial charge is 0.338 e.